The van der Waals surface area contributed by atoms with Gasteiger partial charge in [-0.2, -0.15) is 0 Å². The van der Waals surface area contributed by atoms with E-state index >= 15 is 0 Å². The smallest absolute Gasteiger partial charge is 0.334 e. The molecule has 0 aromatic carbocycles. The third-order valence-corrected chi connectivity index (χ3v) is 6.32. The van der Waals surface area contributed by atoms with Crippen LogP contribution in [0.1, 0.15) is 130 Å². The average molecular weight is 543 g/mol. The molecule has 8 heteroatoms. The molecular formula is C30H54O8. The molecule has 0 aromatic rings. The van der Waals surface area contributed by atoms with Gasteiger partial charge in [-0.25, -0.2) is 9.59 Å². The Kier molecular flexibility index (Phi) is 21.8. The normalized spacial score (nSPS) is 14.6. The Bertz CT molecular complexity index is 633. The van der Waals surface area contributed by atoms with Crippen molar-refractivity contribution in [3.05, 3.63) is 12.2 Å². The molecule has 0 bridgehead atoms. The Labute approximate surface area is 230 Å². The summed E-state index contributed by atoms with van der Waals surface area (Å²) >= 11 is 0. The summed E-state index contributed by atoms with van der Waals surface area (Å²) in [4.78, 5) is 36.2. The van der Waals surface area contributed by atoms with Crippen molar-refractivity contribution in [3.8, 4) is 0 Å². The molecular weight excluding hydrogens is 488 g/mol. The summed E-state index contributed by atoms with van der Waals surface area (Å²) in [5.41, 5.74) is -1.37. The van der Waals surface area contributed by atoms with Gasteiger partial charge in [-0.3, -0.25) is 4.79 Å². The molecule has 0 saturated carbocycles. The van der Waals surface area contributed by atoms with Crippen LogP contribution >= 0.6 is 0 Å². The molecule has 0 heterocycles. The maximum atomic E-state index is 12.6. The summed E-state index contributed by atoms with van der Waals surface area (Å²) in [5, 5.41) is 18.8. The van der Waals surface area contributed by atoms with Crippen molar-refractivity contribution in [1.29, 1.82) is 0 Å². The first kappa shape index (κ1) is 36.1. The molecule has 0 radical (unpaired) electrons. The van der Waals surface area contributed by atoms with Gasteiger partial charge in [-0.15, -0.1) is 0 Å². The zero-order valence-corrected chi connectivity index (χ0v) is 24.4. The minimum absolute atomic E-state index is 0.207. The second kappa shape index (κ2) is 23.0. The molecule has 0 aliphatic carbocycles. The Hall–Kier alpha value is -1.93. The van der Waals surface area contributed by atoms with E-state index in [0.29, 0.717) is 12.8 Å². The van der Waals surface area contributed by atoms with Crippen LogP contribution in [0, 0.1) is 0 Å². The fourth-order valence-corrected chi connectivity index (χ4v) is 4.03. The van der Waals surface area contributed by atoms with Crippen molar-refractivity contribution in [1.82, 2.24) is 0 Å². The summed E-state index contributed by atoms with van der Waals surface area (Å²) in [5.74, 6) is -2.18. The van der Waals surface area contributed by atoms with Crippen LogP contribution < -0.4 is 0 Å². The Morgan fingerprint density at radius 2 is 1.13 bits per heavy atom. The van der Waals surface area contributed by atoms with Crippen molar-refractivity contribution >= 4 is 17.9 Å². The molecule has 222 valence electrons. The van der Waals surface area contributed by atoms with E-state index in [-0.39, 0.29) is 26.1 Å². The monoisotopic (exact) mass is 542 g/mol. The third-order valence-electron chi connectivity index (χ3n) is 6.32. The van der Waals surface area contributed by atoms with Gasteiger partial charge in [0.2, 0.25) is 0 Å². The van der Waals surface area contributed by atoms with Crippen LogP contribution in [0.25, 0.3) is 0 Å². The van der Waals surface area contributed by atoms with Crippen molar-refractivity contribution in [2.45, 2.75) is 148 Å². The number of unbranched alkanes of at least 4 members (excludes halogenated alkanes) is 11. The third kappa shape index (κ3) is 19.2. The predicted molar refractivity (Wildman–Crippen MR) is 148 cm³/mol. The minimum atomic E-state index is -1.37. The van der Waals surface area contributed by atoms with E-state index in [1.165, 1.54) is 58.8 Å². The minimum Gasteiger partial charge on any atom is -0.459 e. The molecule has 0 saturated heterocycles. The number of carbonyl (C=O) groups is 3. The molecule has 0 amide bonds. The SMILES string of the molecule is CCCCCCCC/C=C\CCCCCCCC(=O)OC(CCC)(COC(=O)C(C)O)COC(=O)C(C)O. The van der Waals surface area contributed by atoms with Gasteiger partial charge in [-0.1, -0.05) is 83.8 Å². The molecule has 38 heavy (non-hydrogen) atoms. The standard InChI is InChI=1S/C30H54O8/c1-5-7-8-9-10-11-12-13-14-15-16-17-18-19-20-21-27(33)38-30(22-6-2,23-36-28(34)25(3)31)24-37-29(35)26(4)32/h13-14,25-26,31-32H,5-12,15-24H2,1-4H3/b14-13-. The zero-order chi connectivity index (χ0) is 28.7. The molecule has 8 nitrogen and oxygen atoms in total. The topological polar surface area (TPSA) is 119 Å². The van der Waals surface area contributed by atoms with E-state index in [1.807, 2.05) is 6.92 Å². The number of ether oxygens (including phenoxy) is 3. The molecule has 2 atom stereocenters. The molecule has 0 aromatic heterocycles. The van der Waals surface area contributed by atoms with Gasteiger partial charge in [-0.05, 0) is 52.4 Å². The molecule has 0 aliphatic heterocycles. The van der Waals surface area contributed by atoms with Crippen molar-refractivity contribution in [2.24, 2.45) is 0 Å². The summed E-state index contributed by atoms with van der Waals surface area (Å²) in [6.45, 7) is 5.94. The zero-order valence-electron chi connectivity index (χ0n) is 24.4. The van der Waals surface area contributed by atoms with Crippen LogP contribution in [0.4, 0.5) is 0 Å². The maximum Gasteiger partial charge on any atom is 0.334 e. The molecule has 0 rings (SSSR count). The van der Waals surface area contributed by atoms with Gasteiger partial charge >= 0.3 is 17.9 Å². The average Bonchev–Trinajstić information content (AvgIpc) is 2.88. The Morgan fingerprint density at radius 3 is 1.58 bits per heavy atom. The van der Waals surface area contributed by atoms with E-state index in [9.17, 15) is 24.6 Å². The lowest BCUT2D eigenvalue weighted by Gasteiger charge is -2.32. The van der Waals surface area contributed by atoms with Gasteiger partial charge in [0.1, 0.15) is 25.4 Å². The van der Waals surface area contributed by atoms with E-state index in [1.54, 1.807) is 0 Å². The number of carbonyl (C=O) groups excluding carboxylic acids is 3. The molecule has 0 aliphatic rings. The second-order valence-electron chi connectivity index (χ2n) is 10.3. The number of aliphatic hydroxyl groups excluding tert-OH is 2. The second-order valence-corrected chi connectivity index (χ2v) is 10.3. The van der Waals surface area contributed by atoms with Gasteiger partial charge in [0.15, 0.2) is 5.60 Å². The van der Waals surface area contributed by atoms with Crippen molar-refractivity contribution in [3.63, 3.8) is 0 Å². The highest BCUT2D eigenvalue weighted by atomic mass is 16.6. The van der Waals surface area contributed by atoms with Crippen molar-refractivity contribution < 1.29 is 38.8 Å². The van der Waals surface area contributed by atoms with Crippen molar-refractivity contribution in [2.75, 3.05) is 13.2 Å². The first-order chi connectivity index (χ1) is 18.2. The maximum absolute atomic E-state index is 12.6. The fourth-order valence-electron chi connectivity index (χ4n) is 4.03. The summed E-state index contributed by atoms with van der Waals surface area (Å²) < 4.78 is 15.9. The lowest BCUT2D eigenvalue weighted by atomic mass is 9.99. The van der Waals surface area contributed by atoms with Gasteiger partial charge < -0.3 is 24.4 Å². The van der Waals surface area contributed by atoms with Crippen LogP contribution in [0.3, 0.4) is 0 Å². The predicted octanol–water partition coefficient (Wildman–Crippen LogP) is 5.95. The number of allylic oxidation sites excluding steroid dienone is 2. The van der Waals surface area contributed by atoms with E-state index in [0.717, 1.165) is 32.1 Å². The fraction of sp³-hybridized carbons (Fsp3) is 0.833. The summed E-state index contributed by atoms with van der Waals surface area (Å²) in [6, 6.07) is 0. The summed E-state index contributed by atoms with van der Waals surface area (Å²) in [6.07, 6.45) is 18.1. The first-order valence-corrected chi connectivity index (χ1v) is 14.7. The number of rotatable bonds is 24. The largest absolute Gasteiger partial charge is 0.459 e. The van der Waals surface area contributed by atoms with Gasteiger partial charge in [0.25, 0.3) is 0 Å². The number of hydrogen-bond donors (Lipinski definition) is 2. The highest BCUT2D eigenvalue weighted by molar-refractivity contribution is 5.74. The van der Waals surface area contributed by atoms with Crippen LogP contribution in [-0.2, 0) is 28.6 Å². The Balaban J connectivity index is 4.39. The van der Waals surface area contributed by atoms with Crippen LogP contribution in [0.5, 0.6) is 0 Å². The highest BCUT2D eigenvalue weighted by Gasteiger charge is 2.38. The molecule has 2 N–H and O–H groups in total. The van der Waals surface area contributed by atoms with Crippen LogP contribution in [-0.4, -0.2) is 59.1 Å². The van der Waals surface area contributed by atoms with E-state index in [4.69, 9.17) is 14.2 Å². The Morgan fingerprint density at radius 1 is 0.684 bits per heavy atom. The molecule has 2 unspecified atom stereocenters. The van der Waals surface area contributed by atoms with Gasteiger partial charge in [0, 0.05) is 6.42 Å². The van der Waals surface area contributed by atoms with Crippen LogP contribution in [0.2, 0.25) is 0 Å². The summed E-state index contributed by atoms with van der Waals surface area (Å²) in [7, 11) is 0. The lowest BCUT2D eigenvalue weighted by Crippen LogP contribution is -2.46. The first-order valence-electron chi connectivity index (χ1n) is 14.7. The lowest BCUT2D eigenvalue weighted by molar-refractivity contribution is -0.190. The number of aliphatic hydroxyl groups is 2. The highest BCUT2D eigenvalue weighted by Crippen LogP contribution is 2.23. The van der Waals surface area contributed by atoms with Gasteiger partial charge in [0.05, 0.1) is 0 Å². The van der Waals surface area contributed by atoms with E-state index < -0.39 is 35.7 Å². The number of esters is 3. The molecule has 0 fully saturated rings. The number of hydrogen-bond acceptors (Lipinski definition) is 8. The van der Waals surface area contributed by atoms with E-state index in [2.05, 4.69) is 19.1 Å². The van der Waals surface area contributed by atoms with Crippen LogP contribution in [0.15, 0.2) is 12.2 Å². The quantitative estimate of drug-likeness (QED) is 0.0664. The molecule has 0 spiro atoms.